The highest BCUT2D eigenvalue weighted by Crippen LogP contribution is 2.44. The summed E-state index contributed by atoms with van der Waals surface area (Å²) < 4.78 is 60.2. The maximum absolute atomic E-state index is 14.3. The lowest BCUT2D eigenvalue weighted by Crippen LogP contribution is -2.29. The standard InChI is InChI=1S/C23H13ClF4N4O4S/c24-10-3-1-4-11(25)17(10)12-8-14(36-32-12)21(34)31-18-16-9(13-5-2-6-35-13)7-15(23(26,27)28)30-22(16)37-19(18)20(29)33/h1-7,14H,8H2,(H2,29,33)(H,31,34). The lowest BCUT2D eigenvalue weighted by molar-refractivity contribution is -0.140. The number of hydrogen-bond donors (Lipinski definition) is 2. The van der Waals surface area contributed by atoms with E-state index in [1.54, 1.807) is 0 Å². The first kappa shape index (κ1) is 24.7. The van der Waals surface area contributed by atoms with Gasteiger partial charge in [0.05, 0.1) is 28.2 Å². The summed E-state index contributed by atoms with van der Waals surface area (Å²) in [5.41, 5.74) is 4.08. The van der Waals surface area contributed by atoms with Crippen LogP contribution in [0.3, 0.4) is 0 Å². The quantitative estimate of drug-likeness (QED) is 0.312. The van der Waals surface area contributed by atoms with E-state index < -0.39 is 35.6 Å². The molecule has 5 rings (SSSR count). The Morgan fingerprint density at radius 3 is 2.65 bits per heavy atom. The number of oxime groups is 1. The van der Waals surface area contributed by atoms with Crippen LogP contribution in [0.1, 0.15) is 27.3 Å². The minimum atomic E-state index is -4.80. The Hall–Kier alpha value is -3.97. The third kappa shape index (κ3) is 4.51. The van der Waals surface area contributed by atoms with Crippen LogP contribution in [0.4, 0.5) is 23.2 Å². The summed E-state index contributed by atoms with van der Waals surface area (Å²) in [5.74, 6) is -2.43. The molecule has 0 fully saturated rings. The number of benzene rings is 1. The molecule has 0 aliphatic carbocycles. The predicted molar refractivity (Wildman–Crippen MR) is 127 cm³/mol. The number of alkyl halides is 3. The minimum Gasteiger partial charge on any atom is -0.464 e. The van der Waals surface area contributed by atoms with E-state index in [9.17, 15) is 27.2 Å². The molecule has 3 N–H and O–H groups in total. The Labute approximate surface area is 213 Å². The molecule has 2 amide bonds. The fraction of sp³-hybridized carbons (Fsp3) is 0.130. The Balaban J connectivity index is 1.54. The second-order valence-electron chi connectivity index (χ2n) is 7.80. The Kier molecular flexibility index (Phi) is 6.12. The number of pyridine rings is 1. The van der Waals surface area contributed by atoms with Gasteiger partial charge in [-0.25, -0.2) is 9.37 Å². The van der Waals surface area contributed by atoms with Gasteiger partial charge in [0.25, 0.3) is 11.8 Å². The number of amides is 2. The van der Waals surface area contributed by atoms with E-state index in [0.29, 0.717) is 11.3 Å². The molecule has 1 unspecified atom stereocenters. The predicted octanol–water partition coefficient (Wildman–Crippen LogP) is 5.60. The van der Waals surface area contributed by atoms with Crippen molar-refractivity contribution in [1.29, 1.82) is 0 Å². The van der Waals surface area contributed by atoms with Crippen LogP contribution in [0.15, 0.2) is 52.2 Å². The molecular formula is C23H13ClF4N4O4S. The van der Waals surface area contributed by atoms with Crippen molar-refractivity contribution in [3.63, 3.8) is 0 Å². The highest BCUT2D eigenvalue weighted by Gasteiger charge is 2.37. The molecule has 0 spiro atoms. The zero-order valence-electron chi connectivity index (χ0n) is 18.2. The van der Waals surface area contributed by atoms with Gasteiger partial charge in [-0.05, 0) is 30.3 Å². The first-order chi connectivity index (χ1) is 17.5. The molecule has 8 nitrogen and oxygen atoms in total. The summed E-state index contributed by atoms with van der Waals surface area (Å²) in [5, 5.41) is 6.35. The summed E-state index contributed by atoms with van der Waals surface area (Å²) in [6.45, 7) is 0. The van der Waals surface area contributed by atoms with Crippen LogP contribution in [0, 0.1) is 5.82 Å². The first-order valence-corrected chi connectivity index (χ1v) is 11.6. The molecular weight excluding hydrogens is 540 g/mol. The van der Waals surface area contributed by atoms with Crippen molar-refractivity contribution < 1.29 is 36.4 Å². The third-order valence-electron chi connectivity index (χ3n) is 5.42. The van der Waals surface area contributed by atoms with Gasteiger partial charge in [0.2, 0.25) is 6.10 Å². The number of nitrogens with zero attached hydrogens (tertiary/aromatic N) is 2. The molecule has 1 aliphatic rings. The summed E-state index contributed by atoms with van der Waals surface area (Å²) in [6.07, 6.45) is -4.96. The fourth-order valence-corrected chi connectivity index (χ4v) is 5.08. The van der Waals surface area contributed by atoms with Crippen LogP contribution in [0.5, 0.6) is 0 Å². The van der Waals surface area contributed by atoms with Gasteiger partial charge >= 0.3 is 6.18 Å². The van der Waals surface area contributed by atoms with E-state index in [4.69, 9.17) is 26.6 Å². The molecule has 0 saturated carbocycles. The van der Waals surface area contributed by atoms with Crippen LogP contribution in [0.2, 0.25) is 5.02 Å². The molecule has 1 aromatic carbocycles. The molecule has 1 atom stereocenters. The van der Waals surface area contributed by atoms with Crippen molar-refractivity contribution >= 4 is 56.4 Å². The minimum absolute atomic E-state index is 0.0198. The average Bonchev–Trinajstić information content (AvgIpc) is 3.58. The molecule has 3 aromatic heterocycles. The highest BCUT2D eigenvalue weighted by atomic mass is 35.5. The number of carbonyl (C=O) groups excluding carboxylic acids is 2. The summed E-state index contributed by atoms with van der Waals surface area (Å²) in [4.78, 5) is 33.7. The molecule has 0 radical (unpaired) electrons. The van der Waals surface area contributed by atoms with Crippen LogP contribution < -0.4 is 11.1 Å². The number of furan rings is 1. The van der Waals surface area contributed by atoms with Crippen molar-refractivity contribution in [2.75, 3.05) is 5.32 Å². The van der Waals surface area contributed by atoms with Crippen LogP contribution >= 0.6 is 22.9 Å². The molecule has 37 heavy (non-hydrogen) atoms. The van der Waals surface area contributed by atoms with Crippen LogP contribution in [0.25, 0.3) is 21.5 Å². The molecule has 14 heteroatoms. The smallest absolute Gasteiger partial charge is 0.433 e. The van der Waals surface area contributed by atoms with Gasteiger partial charge in [-0.3, -0.25) is 9.59 Å². The number of anilines is 1. The van der Waals surface area contributed by atoms with E-state index in [1.165, 1.54) is 36.6 Å². The Morgan fingerprint density at radius 1 is 1.22 bits per heavy atom. The van der Waals surface area contributed by atoms with Gasteiger partial charge in [-0.1, -0.05) is 22.8 Å². The number of thiophene rings is 1. The molecule has 0 saturated heterocycles. The number of nitrogens with one attached hydrogen (secondary N) is 1. The topological polar surface area (TPSA) is 120 Å². The number of fused-ring (bicyclic) bond motifs is 1. The zero-order valence-corrected chi connectivity index (χ0v) is 19.8. The molecule has 190 valence electrons. The third-order valence-corrected chi connectivity index (χ3v) is 6.84. The second-order valence-corrected chi connectivity index (χ2v) is 9.21. The first-order valence-electron chi connectivity index (χ1n) is 10.4. The largest absolute Gasteiger partial charge is 0.464 e. The van der Waals surface area contributed by atoms with Gasteiger partial charge < -0.3 is 20.3 Å². The van der Waals surface area contributed by atoms with Gasteiger partial charge in [-0.2, -0.15) is 13.2 Å². The van der Waals surface area contributed by atoms with Gasteiger partial charge in [0.15, 0.2) is 0 Å². The number of carbonyl (C=O) groups is 2. The molecule has 4 heterocycles. The number of hydrogen-bond acceptors (Lipinski definition) is 7. The maximum atomic E-state index is 14.3. The fourth-order valence-electron chi connectivity index (χ4n) is 3.81. The van der Waals surface area contributed by atoms with Gasteiger partial charge in [0.1, 0.15) is 27.0 Å². The van der Waals surface area contributed by atoms with E-state index in [-0.39, 0.29) is 54.8 Å². The number of halogens is 5. The van der Waals surface area contributed by atoms with Crippen LogP contribution in [-0.2, 0) is 15.8 Å². The zero-order chi connectivity index (χ0) is 26.5. The SMILES string of the molecule is NC(=O)c1sc2nc(C(F)(F)F)cc(-c3ccco3)c2c1NC(=O)C1CC(c2c(F)cccc2Cl)=NO1. The Morgan fingerprint density at radius 2 is 2.00 bits per heavy atom. The van der Waals surface area contributed by atoms with Crippen molar-refractivity contribution in [2.24, 2.45) is 10.9 Å². The van der Waals surface area contributed by atoms with Crippen molar-refractivity contribution in [3.8, 4) is 11.3 Å². The number of rotatable bonds is 5. The number of aromatic nitrogens is 1. The monoisotopic (exact) mass is 552 g/mol. The lowest BCUT2D eigenvalue weighted by atomic mass is 10.0. The number of nitrogens with two attached hydrogens (primary N) is 1. The van der Waals surface area contributed by atoms with E-state index >= 15 is 0 Å². The van der Waals surface area contributed by atoms with Crippen LogP contribution in [-0.4, -0.2) is 28.6 Å². The van der Waals surface area contributed by atoms with Gasteiger partial charge in [-0.15, -0.1) is 11.3 Å². The Bertz CT molecular complexity index is 1560. The van der Waals surface area contributed by atoms with Crippen molar-refractivity contribution in [2.45, 2.75) is 18.7 Å². The van der Waals surface area contributed by atoms with Crippen molar-refractivity contribution in [1.82, 2.24) is 4.98 Å². The summed E-state index contributed by atoms with van der Waals surface area (Å²) in [7, 11) is 0. The number of primary amides is 1. The molecule has 4 aromatic rings. The maximum Gasteiger partial charge on any atom is 0.433 e. The average molecular weight is 553 g/mol. The highest BCUT2D eigenvalue weighted by molar-refractivity contribution is 7.21. The lowest BCUT2D eigenvalue weighted by Gasteiger charge is -2.12. The van der Waals surface area contributed by atoms with Crippen molar-refractivity contribution in [3.05, 3.63) is 69.6 Å². The van der Waals surface area contributed by atoms with E-state index in [0.717, 1.165) is 6.07 Å². The molecule has 0 bridgehead atoms. The van der Waals surface area contributed by atoms with E-state index in [1.807, 2.05) is 0 Å². The summed E-state index contributed by atoms with van der Waals surface area (Å²) >= 11 is 6.64. The van der Waals surface area contributed by atoms with Gasteiger partial charge in [0, 0.05) is 17.4 Å². The normalized spacial score (nSPS) is 15.5. The second kappa shape index (κ2) is 9.16. The molecule has 1 aliphatic heterocycles. The van der Waals surface area contributed by atoms with E-state index in [2.05, 4.69) is 15.5 Å². The summed E-state index contributed by atoms with van der Waals surface area (Å²) in [6, 6.07) is 7.66.